The van der Waals surface area contributed by atoms with Crippen LogP contribution in [0.5, 0.6) is 17.2 Å². The Hall–Kier alpha value is -4.26. The number of aryl methyl sites for hydroxylation is 2. The predicted octanol–water partition coefficient (Wildman–Crippen LogP) is 4.36. The highest BCUT2D eigenvalue weighted by Crippen LogP contribution is 2.36. The summed E-state index contributed by atoms with van der Waals surface area (Å²) in [6.07, 6.45) is 0.303. The second kappa shape index (κ2) is 9.93. The Morgan fingerprint density at radius 2 is 1.69 bits per heavy atom. The number of phenolic OH excluding ortho intramolecular Hbond substituents is 2. The maximum absolute atomic E-state index is 13.7. The maximum atomic E-state index is 13.7. The van der Waals surface area contributed by atoms with E-state index in [-0.39, 0.29) is 35.8 Å². The molecule has 1 atom stereocenters. The average Bonchev–Trinajstić information content (AvgIpc) is 2.84. The van der Waals surface area contributed by atoms with Crippen LogP contribution in [-0.4, -0.2) is 33.0 Å². The molecule has 0 aliphatic heterocycles. The molecule has 0 radical (unpaired) electrons. The van der Waals surface area contributed by atoms with Gasteiger partial charge in [-0.25, -0.2) is 0 Å². The summed E-state index contributed by atoms with van der Waals surface area (Å²) in [5.74, 6) is -1.83. The van der Waals surface area contributed by atoms with Crippen LogP contribution in [0, 0.1) is 6.92 Å². The summed E-state index contributed by atoms with van der Waals surface area (Å²) in [5.41, 5.74) is 1.79. The summed E-state index contributed by atoms with van der Waals surface area (Å²) in [4.78, 5) is 26.1. The molecule has 0 saturated carbocycles. The molecule has 0 spiro atoms. The van der Waals surface area contributed by atoms with Gasteiger partial charge in [-0.3, -0.25) is 9.59 Å². The number of aromatic hydroxyl groups is 3. The van der Waals surface area contributed by atoms with Crippen molar-refractivity contribution in [1.29, 1.82) is 0 Å². The fourth-order valence-electron chi connectivity index (χ4n) is 4.51. The van der Waals surface area contributed by atoms with E-state index in [1.54, 1.807) is 17.6 Å². The lowest BCUT2D eigenvalue weighted by molar-refractivity contribution is -0.140. The number of fused-ring (bicyclic) bond motifs is 1. The van der Waals surface area contributed by atoms with Gasteiger partial charge in [0, 0.05) is 18.2 Å². The number of carbonyl (C=O) groups is 1. The van der Waals surface area contributed by atoms with E-state index in [2.05, 4.69) is 0 Å². The van der Waals surface area contributed by atoms with Crippen molar-refractivity contribution in [3.8, 4) is 17.2 Å². The third-order valence-corrected chi connectivity index (χ3v) is 6.33. The number of hydrogen-bond acceptors (Lipinski definition) is 6. The molecule has 0 aliphatic carbocycles. The first-order valence-electron chi connectivity index (χ1n) is 11.3. The molecule has 4 aromatic rings. The zero-order valence-electron chi connectivity index (χ0n) is 19.6. The van der Waals surface area contributed by atoms with Crippen molar-refractivity contribution in [2.45, 2.75) is 32.2 Å². The van der Waals surface area contributed by atoms with Crippen LogP contribution in [0.1, 0.15) is 34.7 Å². The van der Waals surface area contributed by atoms with Crippen molar-refractivity contribution < 1.29 is 24.9 Å². The van der Waals surface area contributed by atoms with Gasteiger partial charge in [0.2, 0.25) is 0 Å². The van der Waals surface area contributed by atoms with Gasteiger partial charge < -0.3 is 24.6 Å². The zero-order chi connectivity index (χ0) is 25.1. The molecule has 0 aliphatic rings. The van der Waals surface area contributed by atoms with Crippen molar-refractivity contribution >= 4 is 16.7 Å². The van der Waals surface area contributed by atoms with Crippen LogP contribution < -0.4 is 5.56 Å². The minimum Gasteiger partial charge on any atom is -0.507 e. The van der Waals surface area contributed by atoms with E-state index in [0.29, 0.717) is 12.1 Å². The lowest BCUT2D eigenvalue weighted by atomic mass is 9.85. The molecule has 1 heterocycles. The lowest BCUT2D eigenvalue weighted by Crippen LogP contribution is -2.29. The van der Waals surface area contributed by atoms with E-state index in [4.69, 9.17) is 4.74 Å². The number of hydrogen-bond donors (Lipinski definition) is 3. The molecule has 35 heavy (non-hydrogen) atoms. The van der Waals surface area contributed by atoms with Crippen LogP contribution in [0.25, 0.3) is 10.8 Å². The molecule has 0 bridgehead atoms. The number of methoxy groups -OCH3 is 1. The monoisotopic (exact) mass is 473 g/mol. The minimum absolute atomic E-state index is 0.109. The second-order valence-electron chi connectivity index (χ2n) is 8.52. The molecular formula is C28H27NO6. The summed E-state index contributed by atoms with van der Waals surface area (Å²) >= 11 is 0. The Bertz CT molecular complexity index is 1450. The number of carbonyl (C=O) groups excluding carboxylic acids is 1. The Morgan fingerprint density at radius 1 is 0.943 bits per heavy atom. The fraction of sp³-hybridized carbons (Fsp3) is 0.214. The molecule has 7 heteroatoms. The van der Waals surface area contributed by atoms with Crippen LogP contribution in [-0.2, 0) is 22.5 Å². The fourth-order valence-corrected chi connectivity index (χ4v) is 4.51. The summed E-state index contributed by atoms with van der Waals surface area (Å²) in [5, 5.41) is 32.1. The van der Waals surface area contributed by atoms with Gasteiger partial charge in [-0.15, -0.1) is 0 Å². The van der Waals surface area contributed by atoms with Crippen molar-refractivity contribution in [1.82, 2.24) is 4.57 Å². The molecule has 0 fully saturated rings. The summed E-state index contributed by atoms with van der Waals surface area (Å²) in [6.45, 7) is 2.01. The van der Waals surface area contributed by atoms with Gasteiger partial charge in [0.1, 0.15) is 5.75 Å². The highest BCUT2D eigenvalue weighted by atomic mass is 16.5. The highest BCUT2D eigenvalue weighted by molar-refractivity contribution is 5.87. The van der Waals surface area contributed by atoms with Gasteiger partial charge in [-0.05, 0) is 53.4 Å². The Balaban J connectivity index is 1.82. The number of phenols is 2. The number of ether oxygens (including phenoxy) is 1. The Labute approximate surface area is 202 Å². The summed E-state index contributed by atoms with van der Waals surface area (Å²) in [7, 11) is 1.29. The molecule has 180 valence electrons. The van der Waals surface area contributed by atoms with Crippen LogP contribution >= 0.6 is 0 Å². The standard InChI is InChI=1S/C28H27NO6/c1-17-14-25(32)27(28(34)29(17)13-12-18-10-11-23(30)24(31)15-18)22(16-26(33)35-2)21-9-5-7-19-6-3-4-8-20(19)21/h3-11,14-15,22,30-32H,12-13,16H2,1-2H3/t22-/m0/s1. The van der Waals surface area contributed by atoms with E-state index in [9.17, 15) is 24.9 Å². The quantitative estimate of drug-likeness (QED) is 0.272. The number of benzene rings is 3. The van der Waals surface area contributed by atoms with E-state index in [1.165, 1.54) is 25.3 Å². The second-order valence-corrected chi connectivity index (χ2v) is 8.52. The van der Waals surface area contributed by atoms with E-state index >= 15 is 0 Å². The number of nitrogens with zero attached hydrogens (tertiary/aromatic N) is 1. The number of rotatable bonds is 7. The molecule has 7 nitrogen and oxygen atoms in total. The normalized spacial score (nSPS) is 11.9. The minimum atomic E-state index is -0.717. The lowest BCUT2D eigenvalue weighted by Gasteiger charge is -2.22. The summed E-state index contributed by atoms with van der Waals surface area (Å²) < 4.78 is 6.47. The number of pyridine rings is 1. The van der Waals surface area contributed by atoms with Gasteiger partial charge in [-0.2, -0.15) is 0 Å². The van der Waals surface area contributed by atoms with E-state index < -0.39 is 17.4 Å². The van der Waals surface area contributed by atoms with Crippen molar-refractivity contribution in [2.75, 3.05) is 7.11 Å². The number of esters is 1. The van der Waals surface area contributed by atoms with Crippen LogP contribution in [0.4, 0.5) is 0 Å². The molecule has 4 rings (SSSR count). The van der Waals surface area contributed by atoms with Gasteiger partial charge in [-0.1, -0.05) is 48.5 Å². The molecule has 3 aromatic carbocycles. The molecule has 0 saturated heterocycles. The van der Waals surface area contributed by atoms with E-state index in [0.717, 1.165) is 21.9 Å². The van der Waals surface area contributed by atoms with Crippen molar-refractivity contribution in [3.05, 3.63) is 99.5 Å². The smallest absolute Gasteiger partial charge is 0.306 e. The molecule has 1 aromatic heterocycles. The molecule has 3 N–H and O–H groups in total. The van der Waals surface area contributed by atoms with Gasteiger partial charge in [0.25, 0.3) is 5.56 Å². The molecule has 0 unspecified atom stereocenters. The Kier molecular flexibility index (Phi) is 6.78. The first-order valence-corrected chi connectivity index (χ1v) is 11.3. The van der Waals surface area contributed by atoms with Gasteiger partial charge >= 0.3 is 5.97 Å². The zero-order valence-corrected chi connectivity index (χ0v) is 19.6. The first-order chi connectivity index (χ1) is 16.8. The summed E-state index contributed by atoms with van der Waals surface area (Å²) in [6, 6.07) is 19.4. The third kappa shape index (κ3) is 4.84. The largest absolute Gasteiger partial charge is 0.507 e. The molecular weight excluding hydrogens is 446 g/mol. The van der Waals surface area contributed by atoms with E-state index in [1.807, 2.05) is 42.5 Å². The predicted molar refractivity (Wildman–Crippen MR) is 133 cm³/mol. The SMILES string of the molecule is COC(=O)C[C@H](c1c(O)cc(C)n(CCc2ccc(O)c(O)c2)c1=O)c1cccc2ccccc12. The molecule has 0 amide bonds. The highest BCUT2D eigenvalue weighted by Gasteiger charge is 2.27. The van der Waals surface area contributed by atoms with Gasteiger partial charge in [0.05, 0.1) is 19.1 Å². The van der Waals surface area contributed by atoms with Gasteiger partial charge in [0.15, 0.2) is 11.5 Å². The van der Waals surface area contributed by atoms with Crippen molar-refractivity contribution in [2.24, 2.45) is 0 Å². The average molecular weight is 474 g/mol. The topological polar surface area (TPSA) is 109 Å². The Morgan fingerprint density at radius 3 is 2.43 bits per heavy atom. The third-order valence-electron chi connectivity index (χ3n) is 6.33. The van der Waals surface area contributed by atoms with Crippen molar-refractivity contribution in [3.63, 3.8) is 0 Å². The van der Waals surface area contributed by atoms with Crippen LogP contribution in [0.15, 0.2) is 71.5 Å². The van der Waals surface area contributed by atoms with Crippen LogP contribution in [0.3, 0.4) is 0 Å². The van der Waals surface area contributed by atoms with Crippen LogP contribution in [0.2, 0.25) is 0 Å². The maximum Gasteiger partial charge on any atom is 0.306 e. The number of aromatic nitrogens is 1. The first kappa shape index (κ1) is 23.9.